The molecule has 0 aromatic carbocycles. The van der Waals surface area contributed by atoms with Gasteiger partial charge >= 0.3 is 6.18 Å². The molecular weight excluding hydrogens is 309 g/mol. The molecule has 1 saturated carbocycles. The van der Waals surface area contributed by atoms with E-state index in [9.17, 15) is 26.7 Å². The Labute approximate surface area is 120 Å². The Kier molecular flexibility index (Phi) is 4.36. The van der Waals surface area contributed by atoms with E-state index in [2.05, 4.69) is 0 Å². The third kappa shape index (κ3) is 4.21. The van der Waals surface area contributed by atoms with Gasteiger partial charge in [0.15, 0.2) is 0 Å². The minimum absolute atomic E-state index is 0.118. The van der Waals surface area contributed by atoms with E-state index >= 15 is 0 Å². The number of halogens is 3. The van der Waals surface area contributed by atoms with Crippen LogP contribution in [0.25, 0.3) is 0 Å². The molecule has 120 valence electrons. The highest BCUT2D eigenvalue weighted by Crippen LogP contribution is 2.37. The van der Waals surface area contributed by atoms with Crippen molar-refractivity contribution in [3.63, 3.8) is 0 Å². The summed E-state index contributed by atoms with van der Waals surface area (Å²) in [6, 6.07) is 0.210. The lowest BCUT2D eigenvalue weighted by Crippen LogP contribution is -2.35. The summed E-state index contributed by atoms with van der Waals surface area (Å²) in [6.45, 7) is 0.847. The van der Waals surface area contributed by atoms with Crippen LogP contribution in [0.4, 0.5) is 13.2 Å². The molecule has 0 bridgehead atoms. The van der Waals surface area contributed by atoms with Crippen LogP contribution in [-0.2, 0) is 16.6 Å². The molecule has 2 N–H and O–H groups in total. The smallest absolute Gasteiger partial charge is 0.390 e. The average Bonchev–Trinajstić information content (AvgIpc) is 3.04. The minimum atomic E-state index is -4.43. The highest BCUT2D eigenvalue weighted by Gasteiger charge is 2.33. The maximum Gasteiger partial charge on any atom is 0.390 e. The Morgan fingerprint density at radius 2 is 2.10 bits per heavy atom. The van der Waals surface area contributed by atoms with Crippen LogP contribution in [0.3, 0.4) is 0 Å². The van der Waals surface area contributed by atoms with Gasteiger partial charge in [-0.2, -0.15) is 13.2 Å². The van der Waals surface area contributed by atoms with E-state index in [-0.39, 0.29) is 17.5 Å². The predicted molar refractivity (Wildman–Crippen MR) is 69.1 cm³/mol. The van der Waals surface area contributed by atoms with Crippen LogP contribution in [-0.4, -0.2) is 30.3 Å². The Hall–Kier alpha value is -1.06. The van der Waals surface area contributed by atoms with Crippen LogP contribution >= 0.6 is 0 Å². The summed E-state index contributed by atoms with van der Waals surface area (Å²) in [5, 5.41) is 9.22. The minimum Gasteiger partial charge on any atom is -0.390 e. The lowest BCUT2D eigenvalue weighted by molar-refractivity contribution is -0.137. The summed E-state index contributed by atoms with van der Waals surface area (Å²) in [7, 11) is -4.03. The maximum atomic E-state index is 12.2. The quantitative estimate of drug-likeness (QED) is 0.839. The topological polar surface area (TPSA) is 71.3 Å². The Bertz CT molecular complexity index is 606. The fraction of sp³-hybridized carbons (Fsp3) is 0.667. The zero-order valence-corrected chi connectivity index (χ0v) is 12.2. The zero-order chi connectivity index (χ0) is 15.8. The van der Waals surface area contributed by atoms with Crippen LogP contribution in [0.1, 0.15) is 37.9 Å². The van der Waals surface area contributed by atoms with Crippen LogP contribution in [0.15, 0.2) is 17.2 Å². The summed E-state index contributed by atoms with van der Waals surface area (Å²) in [6.07, 6.45) is -2.50. The molecule has 0 radical (unpaired) electrons. The predicted octanol–water partition coefficient (Wildman–Crippen LogP) is 1.93. The zero-order valence-electron chi connectivity index (χ0n) is 11.4. The molecule has 0 spiro atoms. The second-order valence-electron chi connectivity index (χ2n) is 5.31. The molecule has 1 heterocycles. The van der Waals surface area contributed by atoms with Crippen molar-refractivity contribution in [2.45, 2.75) is 55.9 Å². The fourth-order valence-electron chi connectivity index (χ4n) is 2.18. The van der Waals surface area contributed by atoms with Crippen molar-refractivity contribution >= 4 is 10.0 Å². The number of sulfonamides is 1. The van der Waals surface area contributed by atoms with Gasteiger partial charge in [-0.25, -0.2) is 13.1 Å². The normalized spacial score (nSPS) is 18.0. The van der Waals surface area contributed by atoms with Gasteiger partial charge < -0.3 is 9.67 Å². The lowest BCUT2D eigenvalue weighted by atomic mass is 10.2. The Balaban J connectivity index is 2.16. The van der Waals surface area contributed by atoms with Crippen LogP contribution < -0.4 is 4.72 Å². The highest BCUT2D eigenvalue weighted by atomic mass is 32.2. The first-order valence-electron chi connectivity index (χ1n) is 6.53. The van der Waals surface area contributed by atoms with Gasteiger partial charge in [0.25, 0.3) is 0 Å². The van der Waals surface area contributed by atoms with Gasteiger partial charge in [0, 0.05) is 24.0 Å². The molecule has 5 nitrogen and oxygen atoms in total. The van der Waals surface area contributed by atoms with E-state index < -0.39 is 28.7 Å². The summed E-state index contributed by atoms with van der Waals surface area (Å²) < 4.78 is 64.6. The number of alkyl halides is 3. The van der Waals surface area contributed by atoms with Crippen molar-refractivity contribution in [3.8, 4) is 0 Å². The van der Waals surface area contributed by atoms with Crippen molar-refractivity contribution in [3.05, 3.63) is 18.0 Å². The number of hydrogen-bond acceptors (Lipinski definition) is 3. The van der Waals surface area contributed by atoms with Gasteiger partial charge in [-0.1, -0.05) is 0 Å². The largest absolute Gasteiger partial charge is 0.390 e. The third-order valence-corrected chi connectivity index (χ3v) is 4.77. The lowest BCUT2D eigenvalue weighted by Gasteiger charge is -2.15. The Morgan fingerprint density at radius 1 is 1.48 bits per heavy atom. The van der Waals surface area contributed by atoms with Crippen molar-refractivity contribution in [1.29, 1.82) is 0 Å². The van der Waals surface area contributed by atoms with E-state index in [1.807, 2.05) is 4.72 Å². The molecule has 1 atom stereocenters. The molecular formula is C12H17F3N2O3S. The van der Waals surface area contributed by atoms with Crippen LogP contribution in [0, 0.1) is 0 Å². The van der Waals surface area contributed by atoms with Gasteiger partial charge in [0.1, 0.15) is 0 Å². The number of rotatable bonds is 6. The molecule has 1 aromatic heterocycles. The van der Waals surface area contributed by atoms with E-state index in [1.54, 1.807) is 4.57 Å². The van der Waals surface area contributed by atoms with Gasteiger partial charge in [-0.15, -0.1) is 0 Å². The number of nitrogens with one attached hydrogen (secondary N) is 1. The van der Waals surface area contributed by atoms with Crippen molar-refractivity contribution in [2.24, 2.45) is 0 Å². The maximum absolute atomic E-state index is 12.2. The fourth-order valence-corrected chi connectivity index (χ4v) is 3.48. The van der Waals surface area contributed by atoms with E-state index in [1.165, 1.54) is 12.3 Å². The molecule has 1 aliphatic rings. The number of hydrogen-bond donors (Lipinski definition) is 2. The van der Waals surface area contributed by atoms with Gasteiger partial charge in [-0.3, -0.25) is 0 Å². The van der Waals surface area contributed by atoms with E-state index in [0.29, 0.717) is 5.69 Å². The van der Waals surface area contributed by atoms with Gasteiger partial charge in [-0.05, 0) is 25.8 Å². The first-order chi connectivity index (χ1) is 9.62. The summed E-state index contributed by atoms with van der Waals surface area (Å²) in [5.41, 5.74) is 0.446. The summed E-state index contributed by atoms with van der Waals surface area (Å²) in [5.74, 6) is 0. The number of aliphatic hydroxyl groups excluding tert-OH is 1. The molecule has 0 amide bonds. The average molecular weight is 326 g/mol. The molecule has 21 heavy (non-hydrogen) atoms. The SMILES string of the molecule is CC(CC(F)(F)F)NS(=O)(=O)c1cc(CO)n(C2CC2)c1. The standard InChI is InChI=1S/C12H17F3N2O3S/c1-8(5-12(13,14)15)16-21(19,20)11-4-10(7-18)17(6-11)9-2-3-9/h4,6,8-9,16,18H,2-3,5,7H2,1H3. The van der Waals surface area contributed by atoms with Crippen LogP contribution in [0.2, 0.25) is 0 Å². The third-order valence-electron chi connectivity index (χ3n) is 3.21. The molecule has 1 unspecified atom stereocenters. The second kappa shape index (κ2) is 5.62. The first kappa shape index (κ1) is 16.3. The van der Waals surface area contributed by atoms with Crippen molar-refractivity contribution in [1.82, 2.24) is 9.29 Å². The highest BCUT2D eigenvalue weighted by molar-refractivity contribution is 7.89. The van der Waals surface area contributed by atoms with Crippen LogP contribution in [0.5, 0.6) is 0 Å². The Morgan fingerprint density at radius 3 is 2.57 bits per heavy atom. The molecule has 0 aliphatic heterocycles. The molecule has 0 saturated heterocycles. The second-order valence-corrected chi connectivity index (χ2v) is 7.02. The molecule has 1 fully saturated rings. The van der Waals surface area contributed by atoms with E-state index in [4.69, 9.17) is 0 Å². The molecule has 1 aliphatic carbocycles. The number of nitrogens with zero attached hydrogens (tertiary/aromatic N) is 1. The van der Waals surface area contributed by atoms with Gasteiger partial charge in [0.05, 0.1) is 17.9 Å². The number of aromatic nitrogens is 1. The summed E-state index contributed by atoms with van der Waals surface area (Å²) in [4.78, 5) is -0.118. The number of aliphatic hydroxyl groups is 1. The monoisotopic (exact) mass is 326 g/mol. The van der Waals surface area contributed by atoms with Crippen molar-refractivity contribution in [2.75, 3.05) is 0 Å². The van der Waals surface area contributed by atoms with E-state index in [0.717, 1.165) is 19.8 Å². The van der Waals surface area contributed by atoms with Crippen molar-refractivity contribution < 1.29 is 26.7 Å². The molecule has 1 aromatic rings. The molecule has 2 rings (SSSR count). The first-order valence-corrected chi connectivity index (χ1v) is 8.01. The summed E-state index contributed by atoms with van der Waals surface area (Å²) >= 11 is 0. The van der Waals surface area contributed by atoms with Gasteiger partial charge in [0.2, 0.25) is 10.0 Å². The molecule has 9 heteroatoms.